The highest BCUT2D eigenvalue weighted by Crippen LogP contribution is 2.07. The zero-order chi connectivity index (χ0) is 18.1. The lowest BCUT2D eigenvalue weighted by atomic mass is 10.4. The molecule has 0 fully saturated rings. The number of hydrogen-bond acceptors (Lipinski definition) is 3. The summed E-state index contributed by atoms with van der Waals surface area (Å²) in [4.78, 5) is 19.4. The molecule has 0 atom stereocenters. The van der Waals surface area contributed by atoms with Gasteiger partial charge in [0.2, 0.25) is 0 Å². The van der Waals surface area contributed by atoms with Crippen LogP contribution in [0.1, 0.15) is 28.7 Å². The topological polar surface area (TPSA) is 61.7 Å². The molecule has 2 rings (SSSR count). The molecule has 1 amide bonds. The van der Waals surface area contributed by atoms with Crippen LogP contribution in [0.2, 0.25) is 0 Å². The first kappa shape index (κ1) is 19.1. The first-order valence-corrected chi connectivity index (χ1v) is 9.41. The minimum Gasteiger partial charge on any atom is -0.357 e. The number of aliphatic imine (C=N–C) groups is 1. The Labute approximate surface area is 153 Å². The van der Waals surface area contributed by atoms with Gasteiger partial charge in [0.1, 0.15) is 0 Å². The van der Waals surface area contributed by atoms with Gasteiger partial charge in [-0.15, -0.1) is 11.3 Å². The second-order valence-electron chi connectivity index (χ2n) is 5.79. The first-order chi connectivity index (χ1) is 12.1. The number of thiophene rings is 1. The lowest BCUT2D eigenvalue weighted by Crippen LogP contribution is -2.39. The number of aromatic nitrogens is 1. The van der Waals surface area contributed by atoms with Gasteiger partial charge in [0, 0.05) is 45.6 Å². The van der Waals surface area contributed by atoms with E-state index in [0.29, 0.717) is 13.1 Å². The minimum absolute atomic E-state index is 0.00767. The molecule has 2 aromatic heterocycles. The van der Waals surface area contributed by atoms with Crippen molar-refractivity contribution in [2.24, 2.45) is 12.0 Å². The SMILES string of the molecule is CCNC(=NCCCNC(=O)c1cccs1)N(C)Cc1cccn1C. The molecule has 7 heteroatoms. The second kappa shape index (κ2) is 9.88. The van der Waals surface area contributed by atoms with E-state index in [0.717, 1.165) is 30.3 Å². The molecule has 136 valence electrons. The molecule has 0 unspecified atom stereocenters. The van der Waals surface area contributed by atoms with Crippen molar-refractivity contribution in [3.05, 3.63) is 46.4 Å². The summed E-state index contributed by atoms with van der Waals surface area (Å²) in [6.45, 7) is 4.98. The fourth-order valence-corrected chi connectivity index (χ4v) is 3.05. The summed E-state index contributed by atoms with van der Waals surface area (Å²) in [5.41, 5.74) is 1.23. The quantitative estimate of drug-likeness (QED) is 0.431. The molecule has 0 bridgehead atoms. The van der Waals surface area contributed by atoms with Gasteiger partial charge in [-0.1, -0.05) is 6.07 Å². The summed E-state index contributed by atoms with van der Waals surface area (Å²) in [7, 11) is 4.08. The predicted octanol–water partition coefficient (Wildman–Crippen LogP) is 2.30. The summed E-state index contributed by atoms with van der Waals surface area (Å²) in [6, 6.07) is 7.87. The molecule has 0 saturated carbocycles. The standard InChI is InChI=1S/C18H27N5OS/c1-4-19-18(23(3)14-15-8-5-12-22(15)2)21-11-7-10-20-17(24)16-9-6-13-25-16/h5-6,8-9,12-13H,4,7,10-11,14H2,1-3H3,(H,19,21)(H,20,24). The van der Waals surface area contributed by atoms with Crippen molar-refractivity contribution in [2.45, 2.75) is 19.9 Å². The van der Waals surface area contributed by atoms with Crippen molar-refractivity contribution >= 4 is 23.2 Å². The van der Waals surface area contributed by atoms with Crippen molar-refractivity contribution in [2.75, 3.05) is 26.7 Å². The Balaban J connectivity index is 1.78. The van der Waals surface area contributed by atoms with Crippen molar-refractivity contribution in [1.82, 2.24) is 20.1 Å². The summed E-state index contributed by atoms with van der Waals surface area (Å²) in [5, 5.41) is 8.15. The number of rotatable bonds is 8. The van der Waals surface area contributed by atoms with Crippen molar-refractivity contribution < 1.29 is 4.79 Å². The normalized spacial score (nSPS) is 11.4. The fourth-order valence-electron chi connectivity index (χ4n) is 2.41. The van der Waals surface area contributed by atoms with Crippen molar-refractivity contribution in [1.29, 1.82) is 0 Å². The summed E-state index contributed by atoms with van der Waals surface area (Å²) >= 11 is 1.45. The summed E-state index contributed by atoms with van der Waals surface area (Å²) in [6.07, 6.45) is 2.85. The van der Waals surface area contributed by atoms with E-state index in [4.69, 9.17) is 0 Å². The monoisotopic (exact) mass is 361 g/mol. The Kier molecular flexibility index (Phi) is 7.53. The van der Waals surface area contributed by atoms with Crippen LogP contribution < -0.4 is 10.6 Å². The second-order valence-corrected chi connectivity index (χ2v) is 6.74. The Morgan fingerprint density at radius 1 is 1.32 bits per heavy atom. The Bertz CT molecular complexity index is 677. The molecule has 25 heavy (non-hydrogen) atoms. The van der Waals surface area contributed by atoms with Gasteiger partial charge in [0.05, 0.1) is 11.4 Å². The van der Waals surface area contributed by atoms with E-state index in [1.54, 1.807) is 0 Å². The predicted molar refractivity (Wildman–Crippen MR) is 104 cm³/mol. The maximum absolute atomic E-state index is 11.9. The molecule has 0 radical (unpaired) electrons. The van der Waals surface area contributed by atoms with Gasteiger partial charge < -0.3 is 20.1 Å². The van der Waals surface area contributed by atoms with Crippen LogP contribution in [0, 0.1) is 0 Å². The summed E-state index contributed by atoms with van der Waals surface area (Å²) in [5.74, 6) is 0.875. The number of aryl methyl sites for hydroxylation is 1. The third kappa shape index (κ3) is 5.94. The van der Waals surface area contributed by atoms with Crippen LogP contribution in [0.5, 0.6) is 0 Å². The van der Waals surface area contributed by atoms with Gasteiger partial charge in [0.15, 0.2) is 5.96 Å². The third-order valence-electron chi connectivity index (χ3n) is 3.77. The van der Waals surface area contributed by atoms with E-state index in [2.05, 4.69) is 38.1 Å². The number of carbonyl (C=O) groups excluding carboxylic acids is 1. The van der Waals surface area contributed by atoms with Gasteiger partial charge in [-0.2, -0.15) is 0 Å². The molecular weight excluding hydrogens is 334 g/mol. The number of amides is 1. The number of hydrogen-bond donors (Lipinski definition) is 2. The van der Waals surface area contributed by atoms with E-state index in [1.807, 2.05) is 43.9 Å². The first-order valence-electron chi connectivity index (χ1n) is 8.53. The minimum atomic E-state index is -0.00767. The molecule has 0 saturated heterocycles. The van der Waals surface area contributed by atoms with Crippen molar-refractivity contribution in [3.63, 3.8) is 0 Å². The molecule has 2 heterocycles. The van der Waals surface area contributed by atoms with Crippen molar-refractivity contribution in [3.8, 4) is 0 Å². The fraction of sp³-hybridized carbons (Fsp3) is 0.444. The average Bonchev–Trinajstić information content (AvgIpc) is 3.26. The van der Waals surface area contributed by atoms with Crippen LogP contribution in [-0.2, 0) is 13.6 Å². The smallest absolute Gasteiger partial charge is 0.261 e. The van der Waals surface area contributed by atoms with Crippen LogP contribution in [0.15, 0.2) is 40.8 Å². The largest absolute Gasteiger partial charge is 0.357 e. The molecule has 0 aromatic carbocycles. The van der Waals surface area contributed by atoms with E-state index in [9.17, 15) is 4.79 Å². The van der Waals surface area contributed by atoms with Gasteiger partial charge in [-0.3, -0.25) is 9.79 Å². The number of nitrogens with zero attached hydrogens (tertiary/aromatic N) is 3. The highest BCUT2D eigenvalue weighted by molar-refractivity contribution is 7.12. The van der Waals surface area contributed by atoms with E-state index < -0.39 is 0 Å². The molecule has 2 N–H and O–H groups in total. The lowest BCUT2D eigenvalue weighted by Gasteiger charge is -2.22. The Morgan fingerprint density at radius 3 is 2.80 bits per heavy atom. The maximum Gasteiger partial charge on any atom is 0.261 e. The third-order valence-corrected chi connectivity index (χ3v) is 4.64. The van der Waals surface area contributed by atoms with Crippen LogP contribution >= 0.6 is 11.3 Å². The molecule has 0 aliphatic carbocycles. The molecule has 6 nitrogen and oxygen atoms in total. The number of carbonyl (C=O) groups is 1. The van der Waals surface area contributed by atoms with Crippen LogP contribution in [0.25, 0.3) is 0 Å². The van der Waals surface area contributed by atoms with Crippen LogP contribution in [-0.4, -0.2) is 48.0 Å². The maximum atomic E-state index is 11.9. The molecule has 0 spiro atoms. The van der Waals surface area contributed by atoms with Gasteiger partial charge in [-0.25, -0.2) is 0 Å². The number of guanidine groups is 1. The Morgan fingerprint density at radius 2 is 2.16 bits per heavy atom. The zero-order valence-electron chi connectivity index (χ0n) is 15.2. The van der Waals surface area contributed by atoms with Gasteiger partial charge in [0.25, 0.3) is 5.91 Å². The lowest BCUT2D eigenvalue weighted by molar-refractivity contribution is 0.0957. The summed E-state index contributed by atoms with van der Waals surface area (Å²) < 4.78 is 2.11. The van der Waals surface area contributed by atoms with Gasteiger partial charge >= 0.3 is 0 Å². The van der Waals surface area contributed by atoms with Crippen LogP contribution in [0.3, 0.4) is 0 Å². The number of nitrogens with one attached hydrogen (secondary N) is 2. The average molecular weight is 362 g/mol. The zero-order valence-corrected chi connectivity index (χ0v) is 16.0. The van der Waals surface area contributed by atoms with E-state index in [1.165, 1.54) is 17.0 Å². The molecule has 0 aliphatic rings. The van der Waals surface area contributed by atoms with Gasteiger partial charge in [-0.05, 0) is 36.9 Å². The molecule has 2 aromatic rings. The van der Waals surface area contributed by atoms with Crippen LogP contribution in [0.4, 0.5) is 0 Å². The highest BCUT2D eigenvalue weighted by atomic mass is 32.1. The molecular formula is C18H27N5OS. The van der Waals surface area contributed by atoms with E-state index >= 15 is 0 Å². The highest BCUT2D eigenvalue weighted by Gasteiger charge is 2.08. The Hall–Kier alpha value is -2.28. The van der Waals surface area contributed by atoms with E-state index in [-0.39, 0.29) is 5.91 Å². The molecule has 0 aliphatic heterocycles.